The lowest BCUT2D eigenvalue weighted by Crippen LogP contribution is -2.14. The van der Waals surface area contributed by atoms with Crippen molar-refractivity contribution in [1.82, 2.24) is 0 Å². The number of halogens is 3. The van der Waals surface area contributed by atoms with Gasteiger partial charge in [0.25, 0.3) is 0 Å². The summed E-state index contributed by atoms with van der Waals surface area (Å²) < 4.78 is 3.36. The Hall–Kier alpha value is 0.0900. The van der Waals surface area contributed by atoms with E-state index in [1.807, 2.05) is 12.1 Å². The first-order valence-electron chi connectivity index (χ1n) is 5.51. The molecule has 2 aromatic carbocycles. The predicted octanol–water partition coefficient (Wildman–Crippen LogP) is 5.06. The van der Waals surface area contributed by atoms with Gasteiger partial charge in [0, 0.05) is 18.6 Å². The van der Waals surface area contributed by atoms with Gasteiger partial charge in [-0.2, -0.15) is 0 Å². The first-order valence-corrected chi connectivity index (χ1v) is 8.17. The second-order valence-electron chi connectivity index (χ2n) is 4.10. The lowest BCUT2D eigenvalue weighted by molar-refractivity contribution is 0.718. The molecule has 0 heterocycles. The molecule has 0 bridgehead atoms. The summed E-state index contributed by atoms with van der Waals surface area (Å²) in [6, 6.07) is 14.6. The number of hydrogen-bond acceptors (Lipinski definition) is 1. The first-order chi connectivity index (χ1) is 8.56. The molecule has 2 aromatic rings. The van der Waals surface area contributed by atoms with Crippen LogP contribution >= 0.6 is 54.5 Å². The first kappa shape index (κ1) is 14.5. The number of nitrogens with two attached hydrogens (primary N) is 1. The summed E-state index contributed by atoms with van der Waals surface area (Å²) in [7, 11) is 0. The van der Waals surface area contributed by atoms with E-state index >= 15 is 0 Å². The molecule has 1 atom stereocenters. The molecule has 0 spiro atoms. The standard InChI is InChI=1S/C14H12Br2IN/c15-10-3-6-13(16)12(8-10)14(18)7-9-1-4-11(17)5-2-9/h1-6,8,14H,7,18H2. The van der Waals surface area contributed by atoms with Crippen LogP contribution in [0.15, 0.2) is 51.4 Å². The maximum atomic E-state index is 6.28. The van der Waals surface area contributed by atoms with E-state index in [0.29, 0.717) is 0 Å². The maximum absolute atomic E-state index is 6.28. The van der Waals surface area contributed by atoms with Gasteiger partial charge in [-0.25, -0.2) is 0 Å². The summed E-state index contributed by atoms with van der Waals surface area (Å²) in [4.78, 5) is 0. The van der Waals surface area contributed by atoms with Gasteiger partial charge < -0.3 is 5.73 Å². The van der Waals surface area contributed by atoms with Gasteiger partial charge in [-0.15, -0.1) is 0 Å². The molecule has 2 N–H and O–H groups in total. The SMILES string of the molecule is NC(Cc1ccc(I)cc1)c1cc(Br)ccc1Br. The normalized spacial score (nSPS) is 12.4. The van der Waals surface area contributed by atoms with Gasteiger partial charge in [0.1, 0.15) is 0 Å². The number of benzene rings is 2. The van der Waals surface area contributed by atoms with Crippen molar-refractivity contribution in [3.05, 3.63) is 66.1 Å². The summed E-state index contributed by atoms with van der Waals surface area (Å²) in [6.45, 7) is 0. The van der Waals surface area contributed by atoms with Gasteiger partial charge in [0.05, 0.1) is 0 Å². The van der Waals surface area contributed by atoms with E-state index in [1.54, 1.807) is 0 Å². The van der Waals surface area contributed by atoms with Crippen molar-refractivity contribution in [2.45, 2.75) is 12.5 Å². The monoisotopic (exact) mass is 479 g/mol. The van der Waals surface area contributed by atoms with Crippen molar-refractivity contribution in [1.29, 1.82) is 0 Å². The molecule has 0 aromatic heterocycles. The fourth-order valence-electron chi connectivity index (χ4n) is 1.78. The Morgan fingerprint density at radius 2 is 1.72 bits per heavy atom. The molecule has 0 aliphatic heterocycles. The van der Waals surface area contributed by atoms with Gasteiger partial charge in [0.15, 0.2) is 0 Å². The van der Waals surface area contributed by atoms with Crippen LogP contribution in [0, 0.1) is 3.57 Å². The van der Waals surface area contributed by atoms with E-state index < -0.39 is 0 Å². The molecule has 2 rings (SSSR count). The van der Waals surface area contributed by atoms with Crippen LogP contribution in [0.2, 0.25) is 0 Å². The molecular weight excluding hydrogens is 469 g/mol. The highest BCUT2D eigenvalue weighted by Crippen LogP contribution is 2.27. The Kier molecular flexibility index (Phi) is 5.24. The molecular formula is C14H12Br2IN. The van der Waals surface area contributed by atoms with Crippen molar-refractivity contribution in [3.8, 4) is 0 Å². The zero-order chi connectivity index (χ0) is 13.1. The number of hydrogen-bond donors (Lipinski definition) is 1. The minimum atomic E-state index is -0.00284. The quantitative estimate of drug-likeness (QED) is 0.611. The zero-order valence-electron chi connectivity index (χ0n) is 9.54. The average molecular weight is 481 g/mol. The molecule has 0 aliphatic carbocycles. The van der Waals surface area contributed by atoms with Gasteiger partial charge in [-0.3, -0.25) is 0 Å². The Balaban J connectivity index is 2.18. The molecule has 0 fully saturated rings. The summed E-state index contributed by atoms with van der Waals surface area (Å²) in [5, 5.41) is 0. The van der Waals surface area contributed by atoms with Crippen molar-refractivity contribution < 1.29 is 0 Å². The predicted molar refractivity (Wildman–Crippen MR) is 91.6 cm³/mol. The second kappa shape index (κ2) is 6.50. The number of rotatable bonds is 3. The highest BCUT2D eigenvalue weighted by molar-refractivity contribution is 14.1. The molecule has 0 radical (unpaired) electrons. The highest BCUT2D eigenvalue weighted by atomic mass is 127. The van der Waals surface area contributed by atoms with Gasteiger partial charge in [0.2, 0.25) is 0 Å². The third-order valence-electron chi connectivity index (χ3n) is 2.73. The van der Waals surface area contributed by atoms with Crippen LogP contribution in [0.3, 0.4) is 0 Å². The molecule has 18 heavy (non-hydrogen) atoms. The molecule has 1 nitrogen and oxygen atoms in total. The van der Waals surface area contributed by atoms with E-state index in [2.05, 4.69) is 84.8 Å². The molecule has 94 valence electrons. The summed E-state index contributed by atoms with van der Waals surface area (Å²) in [5.74, 6) is 0. The van der Waals surface area contributed by atoms with Crippen molar-refractivity contribution in [2.24, 2.45) is 5.73 Å². The minimum absolute atomic E-state index is 0.00284. The Morgan fingerprint density at radius 1 is 1.06 bits per heavy atom. The lowest BCUT2D eigenvalue weighted by atomic mass is 10.00. The third kappa shape index (κ3) is 3.79. The molecule has 0 saturated carbocycles. The van der Waals surface area contributed by atoms with Crippen LogP contribution in [0.1, 0.15) is 17.2 Å². The van der Waals surface area contributed by atoms with Crippen molar-refractivity contribution in [2.75, 3.05) is 0 Å². The fraction of sp³-hybridized carbons (Fsp3) is 0.143. The van der Waals surface area contributed by atoms with Crippen LogP contribution in [0.25, 0.3) is 0 Å². The van der Waals surface area contributed by atoms with Crippen LogP contribution in [0.5, 0.6) is 0 Å². The Morgan fingerprint density at radius 3 is 2.39 bits per heavy atom. The van der Waals surface area contributed by atoms with Gasteiger partial charge in [-0.05, 0) is 70.5 Å². The lowest BCUT2D eigenvalue weighted by Gasteiger charge is -2.14. The van der Waals surface area contributed by atoms with Crippen molar-refractivity contribution >= 4 is 54.5 Å². The van der Waals surface area contributed by atoms with Crippen LogP contribution in [0.4, 0.5) is 0 Å². The molecule has 0 amide bonds. The summed E-state index contributed by atoms with van der Waals surface area (Å²) in [6.07, 6.45) is 0.839. The van der Waals surface area contributed by atoms with E-state index in [0.717, 1.165) is 20.9 Å². The van der Waals surface area contributed by atoms with E-state index in [-0.39, 0.29) is 6.04 Å². The smallest absolute Gasteiger partial charge is 0.0347 e. The average Bonchev–Trinajstić information content (AvgIpc) is 2.35. The van der Waals surface area contributed by atoms with Crippen LogP contribution in [-0.2, 0) is 6.42 Å². The third-order valence-corrected chi connectivity index (χ3v) is 4.66. The summed E-state index contributed by atoms with van der Waals surface area (Å²) in [5.41, 5.74) is 8.67. The Labute approximate surface area is 138 Å². The summed E-state index contributed by atoms with van der Waals surface area (Å²) >= 11 is 9.34. The van der Waals surface area contributed by atoms with Crippen LogP contribution < -0.4 is 5.73 Å². The van der Waals surface area contributed by atoms with Crippen molar-refractivity contribution in [3.63, 3.8) is 0 Å². The second-order valence-corrected chi connectivity index (χ2v) is 7.12. The zero-order valence-corrected chi connectivity index (χ0v) is 14.9. The minimum Gasteiger partial charge on any atom is -0.324 e. The molecule has 1 unspecified atom stereocenters. The van der Waals surface area contributed by atoms with Gasteiger partial charge in [-0.1, -0.05) is 44.0 Å². The van der Waals surface area contributed by atoms with Crippen LogP contribution in [-0.4, -0.2) is 0 Å². The maximum Gasteiger partial charge on any atom is 0.0347 e. The topological polar surface area (TPSA) is 26.0 Å². The largest absolute Gasteiger partial charge is 0.324 e. The van der Waals surface area contributed by atoms with E-state index in [4.69, 9.17) is 5.73 Å². The Bertz CT molecular complexity index is 540. The highest BCUT2D eigenvalue weighted by Gasteiger charge is 2.11. The molecule has 0 saturated heterocycles. The molecule has 4 heteroatoms. The fourth-order valence-corrected chi connectivity index (χ4v) is 3.06. The van der Waals surface area contributed by atoms with E-state index in [9.17, 15) is 0 Å². The van der Waals surface area contributed by atoms with Gasteiger partial charge >= 0.3 is 0 Å². The van der Waals surface area contributed by atoms with E-state index in [1.165, 1.54) is 9.13 Å². The molecule has 0 aliphatic rings.